The Morgan fingerprint density at radius 2 is 1.92 bits per heavy atom. The number of anilines is 1. The third kappa shape index (κ3) is 2.98. The summed E-state index contributed by atoms with van der Waals surface area (Å²) in [7, 11) is 2.87. The fourth-order valence-corrected chi connectivity index (χ4v) is 2.94. The average molecular weight is 407 g/mol. The minimum atomic E-state index is -0.510. The molecule has 0 radical (unpaired) electrons. The average Bonchev–Trinajstić information content (AvgIpc) is 2.57. The first-order valence-corrected chi connectivity index (χ1v) is 7.91. The van der Waals surface area contributed by atoms with E-state index < -0.39 is 23.0 Å². The van der Waals surface area contributed by atoms with Crippen molar-refractivity contribution in [1.82, 2.24) is 14.1 Å². The third-order valence-electron chi connectivity index (χ3n) is 3.73. The monoisotopic (exact) mass is 406 g/mol. The molecule has 3 rings (SSSR count). The van der Waals surface area contributed by atoms with Crippen molar-refractivity contribution >= 4 is 38.6 Å². The molecule has 7 nitrogen and oxygen atoms in total. The van der Waals surface area contributed by atoms with Gasteiger partial charge in [-0.1, -0.05) is 0 Å². The minimum Gasteiger partial charge on any atom is -0.321 e. The summed E-state index contributed by atoms with van der Waals surface area (Å²) in [6.45, 7) is 0. The Morgan fingerprint density at radius 1 is 1.20 bits per heavy atom. The number of rotatable bonds is 2. The maximum absolute atomic E-state index is 13.1. The van der Waals surface area contributed by atoms with Crippen molar-refractivity contribution in [3.8, 4) is 0 Å². The predicted molar refractivity (Wildman–Crippen MR) is 94.3 cm³/mol. The van der Waals surface area contributed by atoms with Crippen molar-refractivity contribution in [1.29, 1.82) is 0 Å². The molecule has 2 aromatic heterocycles. The normalized spacial score (nSPS) is 10.9. The second-order valence-electron chi connectivity index (χ2n) is 5.38. The Labute approximate surface area is 148 Å². The molecule has 0 saturated carbocycles. The molecule has 0 aliphatic carbocycles. The fraction of sp³-hybridized carbons (Fsp3) is 0.125. The Morgan fingerprint density at radius 3 is 2.60 bits per heavy atom. The largest absolute Gasteiger partial charge is 0.332 e. The van der Waals surface area contributed by atoms with Crippen molar-refractivity contribution in [3.05, 3.63) is 67.2 Å². The van der Waals surface area contributed by atoms with Crippen LogP contribution in [0.5, 0.6) is 0 Å². The van der Waals surface area contributed by atoms with Crippen LogP contribution in [-0.2, 0) is 14.1 Å². The number of carbonyl (C=O) groups excluding carboxylic acids is 1. The molecule has 0 atom stereocenters. The molecule has 1 N–H and O–H groups in total. The van der Waals surface area contributed by atoms with Gasteiger partial charge in [-0.05, 0) is 40.2 Å². The lowest BCUT2D eigenvalue weighted by molar-refractivity contribution is 0.102. The highest BCUT2D eigenvalue weighted by Gasteiger charge is 2.14. The van der Waals surface area contributed by atoms with Gasteiger partial charge in [0.15, 0.2) is 0 Å². The van der Waals surface area contributed by atoms with Crippen molar-refractivity contribution < 1.29 is 9.18 Å². The van der Waals surface area contributed by atoms with E-state index in [2.05, 4.69) is 26.2 Å². The number of nitrogens with one attached hydrogen (secondary N) is 1. The molecule has 3 aromatic rings. The fourth-order valence-electron chi connectivity index (χ4n) is 2.41. The van der Waals surface area contributed by atoms with E-state index in [1.165, 1.54) is 49.1 Å². The summed E-state index contributed by atoms with van der Waals surface area (Å²) in [5.74, 6) is -0.963. The highest BCUT2D eigenvalue weighted by atomic mass is 79.9. The molecule has 1 aromatic carbocycles. The molecular weight excluding hydrogens is 395 g/mol. The van der Waals surface area contributed by atoms with Crippen molar-refractivity contribution in [2.75, 3.05) is 5.32 Å². The van der Waals surface area contributed by atoms with Crippen LogP contribution >= 0.6 is 15.9 Å². The van der Waals surface area contributed by atoms with Crippen molar-refractivity contribution in [2.45, 2.75) is 0 Å². The molecule has 25 heavy (non-hydrogen) atoms. The number of aromatic nitrogens is 3. The van der Waals surface area contributed by atoms with Crippen LogP contribution in [-0.4, -0.2) is 20.0 Å². The molecule has 9 heteroatoms. The van der Waals surface area contributed by atoms with Gasteiger partial charge in [-0.15, -0.1) is 0 Å². The number of hydrogen-bond donors (Lipinski definition) is 1. The Hall–Kier alpha value is -2.81. The van der Waals surface area contributed by atoms with E-state index in [4.69, 9.17) is 0 Å². The predicted octanol–water partition coefficient (Wildman–Crippen LogP) is 1.79. The van der Waals surface area contributed by atoms with Gasteiger partial charge in [0.2, 0.25) is 0 Å². The second-order valence-corrected chi connectivity index (χ2v) is 6.23. The van der Waals surface area contributed by atoms with Crippen molar-refractivity contribution in [3.63, 3.8) is 0 Å². The third-order valence-corrected chi connectivity index (χ3v) is 4.38. The lowest BCUT2D eigenvalue weighted by atomic mass is 10.2. The van der Waals surface area contributed by atoms with Gasteiger partial charge < -0.3 is 5.32 Å². The van der Waals surface area contributed by atoms with E-state index in [0.717, 1.165) is 4.57 Å². The number of halogens is 2. The molecule has 0 bridgehead atoms. The summed E-state index contributed by atoms with van der Waals surface area (Å²) < 4.78 is 15.6. The number of nitrogens with zero attached hydrogens (tertiary/aromatic N) is 3. The summed E-state index contributed by atoms with van der Waals surface area (Å²) in [5.41, 5.74) is -0.268. The number of pyridine rings is 1. The zero-order valence-electron chi connectivity index (χ0n) is 13.2. The summed E-state index contributed by atoms with van der Waals surface area (Å²) in [6.07, 6.45) is 1.34. The van der Waals surface area contributed by atoms with Crippen LogP contribution in [0, 0.1) is 5.82 Å². The maximum Gasteiger partial charge on any atom is 0.332 e. The number of carbonyl (C=O) groups is 1. The highest BCUT2D eigenvalue weighted by Crippen LogP contribution is 2.20. The zero-order valence-corrected chi connectivity index (χ0v) is 14.8. The number of hydrogen-bond acceptors (Lipinski definition) is 4. The van der Waals surface area contributed by atoms with Crippen LogP contribution in [0.4, 0.5) is 10.1 Å². The Balaban J connectivity index is 2.04. The second kappa shape index (κ2) is 6.25. The smallest absolute Gasteiger partial charge is 0.321 e. The standard InChI is InChI=1S/C16H12BrFN4O3/c1-21-13-11(15(24)22(2)16(21)25)6-9(7-19-13)20-14(23)10-4-3-8(18)5-12(10)17/h3-7H,1-2H3,(H,20,23). The lowest BCUT2D eigenvalue weighted by Crippen LogP contribution is -2.37. The Kier molecular flexibility index (Phi) is 4.25. The summed E-state index contributed by atoms with van der Waals surface area (Å²) in [6, 6.07) is 5.13. The molecule has 128 valence electrons. The zero-order chi connectivity index (χ0) is 18.3. The van der Waals surface area contributed by atoms with Crippen LogP contribution in [0.25, 0.3) is 11.0 Å². The van der Waals surface area contributed by atoms with Crippen LogP contribution in [0.2, 0.25) is 0 Å². The van der Waals surface area contributed by atoms with Gasteiger partial charge in [-0.3, -0.25) is 18.7 Å². The molecule has 2 heterocycles. The number of fused-ring (bicyclic) bond motifs is 1. The SMILES string of the molecule is Cn1c(=O)c2cc(NC(=O)c3ccc(F)cc3Br)cnc2n(C)c1=O. The first-order chi connectivity index (χ1) is 11.8. The van der Waals surface area contributed by atoms with Crippen molar-refractivity contribution in [2.24, 2.45) is 14.1 Å². The quantitative estimate of drug-likeness (QED) is 0.702. The van der Waals surface area contributed by atoms with Gasteiger partial charge >= 0.3 is 5.69 Å². The first kappa shape index (κ1) is 17.0. The topological polar surface area (TPSA) is 86.0 Å². The molecule has 0 saturated heterocycles. The molecular formula is C16H12BrFN4O3. The number of amides is 1. The van der Waals surface area contributed by atoms with Crippen LogP contribution in [0.15, 0.2) is 44.5 Å². The van der Waals surface area contributed by atoms with Gasteiger partial charge in [0.05, 0.1) is 22.8 Å². The summed E-state index contributed by atoms with van der Waals surface area (Å²) in [4.78, 5) is 40.6. The van der Waals surface area contributed by atoms with Gasteiger partial charge in [-0.25, -0.2) is 14.2 Å². The van der Waals surface area contributed by atoms with E-state index in [9.17, 15) is 18.8 Å². The molecule has 1 amide bonds. The minimum absolute atomic E-state index is 0.195. The highest BCUT2D eigenvalue weighted by molar-refractivity contribution is 9.10. The van der Waals surface area contributed by atoms with E-state index in [1.54, 1.807) is 0 Å². The lowest BCUT2D eigenvalue weighted by Gasteiger charge is -2.10. The molecule has 0 fully saturated rings. The number of benzene rings is 1. The Bertz CT molecular complexity index is 1140. The number of aryl methyl sites for hydroxylation is 1. The molecule has 0 aliphatic rings. The van der Waals surface area contributed by atoms with Crippen LogP contribution < -0.4 is 16.6 Å². The molecule has 0 aliphatic heterocycles. The van der Waals surface area contributed by atoms with Gasteiger partial charge in [0.25, 0.3) is 11.5 Å². The van der Waals surface area contributed by atoms with Gasteiger partial charge in [0.1, 0.15) is 11.5 Å². The van der Waals surface area contributed by atoms with E-state index >= 15 is 0 Å². The van der Waals surface area contributed by atoms with E-state index in [0.29, 0.717) is 4.47 Å². The van der Waals surface area contributed by atoms with Crippen LogP contribution in [0.1, 0.15) is 10.4 Å². The van der Waals surface area contributed by atoms with E-state index in [1.807, 2.05) is 0 Å². The van der Waals surface area contributed by atoms with E-state index in [-0.39, 0.29) is 22.3 Å². The first-order valence-electron chi connectivity index (χ1n) is 7.12. The van der Waals surface area contributed by atoms with Crippen LogP contribution in [0.3, 0.4) is 0 Å². The summed E-state index contributed by atoms with van der Waals surface area (Å²) >= 11 is 3.13. The maximum atomic E-state index is 13.1. The van der Waals surface area contributed by atoms with Gasteiger partial charge in [-0.2, -0.15) is 0 Å². The summed E-state index contributed by atoms with van der Waals surface area (Å²) in [5, 5.41) is 2.80. The molecule has 0 unspecified atom stereocenters. The molecule has 0 spiro atoms. The van der Waals surface area contributed by atoms with Gasteiger partial charge in [0, 0.05) is 18.6 Å².